The van der Waals surface area contributed by atoms with Gasteiger partial charge in [-0.3, -0.25) is 15.0 Å². The summed E-state index contributed by atoms with van der Waals surface area (Å²) in [5.74, 6) is -0.621. The van der Waals surface area contributed by atoms with Gasteiger partial charge in [0.25, 0.3) is 5.91 Å². The van der Waals surface area contributed by atoms with E-state index >= 15 is 0 Å². The van der Waals surface area contributed by atoms with E-state index in [1.807, 2.05) is 20.8 Å². The summed E-state index contributed by atoms with van der Waals surface area (Å²) in [7, 11) is 0. The second-order valence-corrected chi connectivity index (χ2v) is 9.50. The normalized spacial score (nSPS) is 17.6. The average molecular weight is 496 g/mol. The highest BCUT2D eigenvalue weighted by Gasteiger charge is 2.31. The largest absolute Gasteiger partial charge is 0.573 e. The zero-order valence-electron chi connectivity index (χ0n) is 17.4. The lowest BCUT2D eigenvalue weighted by Gasteiger charge is -2.35. The van der Waals surface area contributed by atoms with Crippen molar-refractivity contribution in [3.8, 4) is 5.75 Å². The molecule has 1 heterocycles. The summed E-state index contributed by atoms with van der Waals surface area (Å²) in [6, 6.07) is 3.67. The number of nitrogens with one attached hydrogen (secondary N) is 2. The third kappa shape index (κ3) is 9.20. The molecule has 0 radical (unpaired) electrons. The minimum absolute atomic E-state index is 0.0948. The van der Waals surface area contributed by atoms with Crippen LogP contribution in [-0.4, -0.2) is 60.2 Å². The number of β-amino-alcohol motifs (C(OH)–C–C–N with tert-alkyl or cyclic N) is 1. The first-order valence-corrected chi connectivity index (χ1v) is 10.6. The maximum absolute atomic E-state index is 12.4. The van der Waals surface area contributed by atoms with Gasteiger partial charge in [0.05, 0.1) is 0 Å². The van der Waals surface area contributed by atoms with Gasteiger partial charge in [-0.25, -0.2) is 0 Å². The van der Waals surface area contributed by atoms with Crippen LogP contribution in [0.1, 0.15) is 44.0 Å². The van der Waals surface area contributed by atoms with E-state index in [4.69, 9.17) is 0 Å². The topological polar surface area (TPSA) is 73.8 Å². The van der Waals surface area contributed by atoms with Gasteiger partial charge in [0.1, 0.15) is 12.0 Å². The van der Waals surface area contributed by atoms with Crippen LogP contribution in [0.15, 0.2) is 22.7 Å². The summed E-state index contributed by atoms with van der Waals surface area (Å²) >= 11 is 3.10. The van der Waals surface area contributed by atoms with Gasteiger partial charge in [0, 0.05) is 28.7 Å². The number of aliphatic hydroxyl groups excluding tert-OH is 1. The maximum Gasteiger partial charge on any atom is 0.573 e. The van der Waals surface area contributed by atoms with Gasteiger partial charge in [-0.2, -0.15) is 0 Å². The zero-order valence-corrected chi connectivity index (χ0v) is 18.9. The van der Waals surface area contributed by atoms with Crippen LogP contribution >= 0.6 is 15.9 Å². The predicted octanol–water partition coefficient (Wildman–Crippen LogP) is 3.50. The highest BCUT2D eigenvalue weighted by molar-refractivity contribution is 9.10. The number of carbonyl (C=O) groups is 1. The molecule has 1 unspecified atom stereocenters. The van der Waals surface area contributed by atoms with Crippen molar-refractivity contribution in [2.75, 3.05) is 26.2 Å². The summed E-state index contributed by atoms with van der Waals surface area (Å²) in [6.45, 7) is 8.58. The molecule has 0 aliphatic carbocycles. The molecule has 0 saturated carbocycles. The van der Waals surface area contributed by atoms with Crippen LogP contribution in [0, 0.1) is 5.92 Å². The number of aliphatic hydroxyl groups is 1. The van der Waals surface area contributed by atoms with Crippen molar-refractivity contribution in [1.82, 2.24) is 15.5 Å². The van der Waals surface area contributed by atoms with Gasteiger partial charge >= 0.3 is 6.36 Å². The molecule has 3 N–H and O–H groups in total. The summed E-state index contributed by atoms with van der Waals surface area (Å²) in [5.41, 5.74) is -0.0724. The van der Waals surface area contributed by atoms with E-state index in [-0.39, 0.29) is 17.0 Å². The lowest BCUT2D eigenvalue weighted by molar-refractivity contribution is -0.274. The SMILES string of the molecule is CC(C)(C)NC(O)CN1CCC(CNC(=O)c2cc(Br)cc(OC(F)(F)F)c2)CC1. The fraction of sp³-hybridized carbons (Fsp3) is 0.650. The maximum atomic E-state index is 12.4. The Balaban J connectivity index is 1.80. The Morgan fingerprint density at radius 3 is 2.47 bits per heavy atom. The summed E-state index contributed by atoms with van der Waals surface area (Å²) in [4.78, 5) is 14.6. The molecular weight excluding hydrogens is 467 g/mol. The van der Waals surface area contributed by atoms with Crippen LogP contribution in [0.2, 0.25) is 0 Å². The van der Waals surface area contributed by atoms with Crippen LogP contribution in [-0.2, 0) is 0 Å². The Labute approximate surface area is 183 Å². The number of rotatable bonds is 7. The quantitative estimate of drug-likeness (QED) is 0.505. The Hall–Kier alpha value is -1.36. The molecular formula is C20H29BrF3N3O3. The van der Waals surface area contributed by atoms with Gasteiger partial charge in [-0.05, 0) is 70.8 Å². The van der Waals surface area contributed by atoms with Crippen LogP contribution in [0.3, 0.4) is 0 Å². The van der Waals surface area contributed by atoms with E-state index in [0.29, 0.717) is 17.6 Å². The fourth-order valence-corrected chi connectivity index (χ4v) is 3.86. The molecule has 1 aromatic rings. The van der Waals surface area contributed by atoms with E-state index in [9.17, 15) is 23.1 Å². The number of hydrogen-bond acceptors (Lipinski definition) is 5. The third-order valence-electron chi connectivity index (χ3n) is 4.66. The fourth-order valence-electron chi connectivity index (χ4n) is 3.39. The molecule has 170 valence electrons. The van der Waals surface area contributed by atoms with Crippen LogP contribution in [0.5, 0.6) is 5.75 Å². The molecule has 0 aromatic heterocycles. The Morgan fingerprint density at radius 2 is 1.90 bits per heavy atom. The number of nitrogens with zero attached hydrogens (tertiary/aromatic N) is 1. The smallest absolute Gasteiger partial charge is 0.406 e. The molecule has 1 aliphatic heterocycles. The molecule has 30 heavy (non-hydrogen) atoms. The minimum Gasteiger partial charge on any atom is -0.406 e. The Morgan fingerprint density at radius 1 is 1.27 bits per heavy atom. The summed E-state index contributed by atoms with van der Waals surface area (Å²) < 4.78 is 41.5. The Bertz CT molecular complexity index is 717. The van der Waals surface area contributed by atoms with Crippen molar-refractivity contribution in [3.63, 3.8) is 0 Å². The van der Waals surface area contributed by atoms with Gasteiger partial charge in [-0.1, -0.05) is 15.9 Å². The lowest BCUT2D eigenvalue weighted by atomic mass is 9.96. The van der Waals surface area contributed by atoms with Crippen LogP contribution < -0.4 is 15.4 Å². The summed E-state index contributed by atoms with van der Waals surface area (Å²) in [6.07, 6.45) is -3.70. The molecule has 1 fully saturated rings. The predicted molar refractivity (Wildman–Crippen MR) is 111 cm³/mol. The second-order valence-electron chi connectivity index (χ2n) is 8.59. The number of likely N-dealkylation sites (tertiary alicyclic amines) is 1. The molecule has 1 amide bonds. The van der Waals surface area contributed by atoms with Crippen molar-refractivity contribution < 1.29 is 27.8 Å². The van der Waals surface area contributed by atoms with Gasteiger partial charge < -0.3 is 15.2 Å². The monoisotopic (exact) mass is 495 g/mol. The molecule has 1 saturated heterocycles. The molecule has 6 nitrogen and oxygen atoms in total. The molecule has 1 aromatic carbocycles. The third-order valence-corrected chi connectivity index (χ3v) is 5.11. The number of hydrogen-bond donors (Lipinski definition) is 3. The Kier molecular flexibility index (Phi) is 8.55. The van der Waals surface area contributed by atoms with E-state index in [0.717, 1.165) is 38.1 Å². The summed E-state index contributed by atoms with van der Waals surface area (Å²) in [5, 5.41) is 16.1. The van der Waals surface area contributed by atoms with Gasteiger partial charge in [0.2, 0.25) is 0 Å². The molecule has 2 rings (SSSR count). The highest BCUT2D eigenvalue weighted by Crippen LogP contribution is 2.27. The van der Waals surface area contributed by atoms with E-state index in [1.54, 1.807) is 0 Å². The first-order chi connectivity index (χ1) is 13.8. The number of halogens is 4. The number of piperidine rings is 1. The van der Waals surface area contributed by atoms with Crippen molar-refractivity contribution >= 4 is 21.8 Å². The minimum atomic E-state index is -4.82. The first kappa shape index (κ1) is 24.9. The number of benzene rings is 1. The van der Waals surface area contributed by atoms with Gasteiger partial charge in [-0.15, -0.1) is 13.2 Å². The first-order valence-electron chi connectivity index (χ1n) is 9.83. The van der Waals surface area contributed by atoms with E-state index in [2.05, 4.69) is 36.2 Å². The highest BCUT2D eigenvalue weighted by atomic mass is 79.9. The number of amides is 1. The standard InChI is InChI=1S/C20H29BrF3N3O3/c1-19(2,3)26-17(28)12-27-6-4-13(5-7-27)11-25-18(29)14-8-15(21)10-16(9-14)30-20(22,23)24/h8-10,13,17,26,28H,4-7,11-12H2,1-3H3,(H,25,29). The van der Waals surface area contributed by atoms with Crippen LogP contribution in [0.4, 0.5) is 13.2 Å². The van der Waals surface area contributed by atoms with Crippen molar-refractivity contribution in [1.29, 1.82) is 0 Å². The molecule has 1 aliphatic rings. The van der Waals surface area contributed by atoms with Gasteiger partial charge in [0.15, 0.2) is 0 Å². The van der Waals surface area contributed by atoms with Crippen LogP contribution in [0.25, 0.3) is 0 Å². The number of ether oxygens (including phenoxy) is 1. The van der Waals surface area contributed by atoms with E-state index in [1.165, 1.54) is 6.07 Å². The average Bonchev–Trinajstić information content (AvgIpc) is 2.57. The van der Waals surface area contributed by atoms with Crippen molar-refractivity contribution in [2.45, 2.75) is 51.7 Å². The molecule has 0 bridgehead atoms. The second kappa shape index (κ2) is 10.3. The zero-order chi connectivity index (χ0) is 22.5. The lowest BCUT2D eigenvalue weighted by Crippen LogP contribution is -2.50. The molecule has 0 spiro atoms. The van der Waals surface area contributed by atoms with Crippen molar-refractivity contribution in [3.05, 3.63) is 28.2 Å². The molecule has 10 heteroatoms. The number of carbonyl (C=O) groups excluding carboxylic acids is 1. The molecule has 1 atom stereocenters. The van der Waals surface area contributed by atoms with Crippen molar-refractivity contribution in [2.24, 2.45) is 5.92 Å². The number of alkyl halides is 3. The van der Waals surface area contributed by atoms with E-state index < -0.39 is 24.2 Å².